The minimum atomic E-state index is -0.990. The summed E-state index contributed by atoms with van der Waals surface area (Å²) in [5.41, 5.74) is 2.47. The molecule has 0 aliphatic heterocycles. The van der Waals surface area contributed by atoms with Gasteiger partial charge < -0.3 is 5.11 Å². The highest BCUT2D eigenvalue weighted by molar-refractivity contribution is 7.23. The van der Waals surface area contributed by atoms with Crippen LogP contribution in [-0.4, -0.2) is 20.5 Å². The van der Waals surface area contributed by atoms with Crippen molar-refractivity contribution in [2.75, 3.05) is 0 Å². The van der Waals surface area contributed by atoms with Gasteiger partial charge in [-0.1, -0.05) is 38.2 Å². The van der Waals surface area contributed by atoms with Crippen LogP contribution in [0.15, 0.2) is 24.4 Å². The number of hydrogen-bond donors (Lipinski definition) is 1. The van der Waals surface area contributed by atoms with E-state index in [-0.39, 0.29) is 11.1 Å². The fourth-order valence-corrected chi connectivity index (χ4v) is 3.12. The zero-order valence-electron chi connectivity index (χ0n) is 11.0. The average molecular weight is 274 g/mol. The van der Waals surface area contributed by atoms with Crippen LogP contribution in [0, 0.1) is 0 Å². The van der Waals surface area contributed by atoms with Gasteiger partial charge in [0, 0.05) is 6.20 Å². The van der Waals surface area contributed by atoms with Gasteiger partial charge in [0.25, 0.3) is 0 Å². The van der Waals surface area contributed by atoms with Gasteiger partial charge in [0.15, 0.2) is 10.7 Å². The number of aromatic nitrogens is 2. The number of hydrogen-bond acceptors (Lipinski definition) is 3. The predicted octanol–water partition coefficient (Wildman–Crippen LogP) is 3.54. The molecular formula is C14H14N2O2S. The highest BCUT2D eigenvalue weighted by atomic mass is 32.1. The second-order valence-corrected chi connectivity index (χ2v) is 6.63. The monoisotopic (exact) mass is 274 g/mol. The Labute approximate surface area is 114 Å². The summed E-state index contributed by atoms with van der Waals surface area (Å²) in [4.78, 5) is 15.8. The first-order valence-electron chi connectivity index (χ1n) is 6.02. The van der Waals surface area contributed by atoms with E-state index in [9.17, 15) is 4.79 Å². The number of aromatic carboxylic acids is 1. The average Bonchev–Trinajstić information content (AvgIpc) is 2.83. The van der Waals surface area contributed by atoms with Crippen molar-refractivity contribution in [3.63, 3.8) is 0 Å². The Bertz CT molecular complexity index is 793. The molecule has 2 heterocycles. The van der Waals surface area contributed by atoms with Crippen molar-refractivity contribution >= 4 is 32.5 Å². The van der Waals surface area contributed by atoms with E-state index in [0.717, 1.165) is 15.2 Å². The summed E-state index contributed by atoms with van der Waals surface area (Å²) in [5, 5.41) is 8.96. The first-order valence-corrected chi connectivity index (χ1v) is 6.83. The maximum Gasteiger partial charge on any atom is 0.356 e. The number of benzene rings is 1. The predicted molar refractivity (Wildman–Crippen MR) is 76.2 cm³/mol. The van der Waals surface area contributed by atoms with Gasteiger partial charge in [-0.15, -0.1) is 0 Å². The van der Waals surface area contributed by atoms with Crippen LogP contribution in [0.1, 0.15) is 36.8 Å². The quantitative estimate of drug-likeness (QED) is 0.738. The molecule has 5 heteroatoms. The highest BCUT2D eigenvalue weighted by Crippen LogP contribution is 2.31. The molecule has 0 amide bonds. The Morgan fingerprint density at radius 3 is 2.74 bits per heavy atom. The number of rotatable bonds is 1. The summed E-state index contributed by atoms with van der Waals surface area (Å²) in [6.07, 6.45) is 1.58. The summed E-state index contributed by atoms with van der Waals surface area (Å²) in [6, 6.07) is 6.29. The molecule has 0 atom stereocenters. The molecule has 0 spiro atoms. The number of carbonyl (C=O) groups is 1. The Balaban J connectivity index is 2.25. The molecule has 0 saturated heterocycles. The van der Waals surface area contributed by atoms with Crippen LogP contribution in [0.4, 0.5) is 0 Å². The summed E-state index contributed by atoms with van der Waals surface area (Å²) >= 11 is 1.52. The fourth-order valence-electron chi connectivity index (χ4n) is 2.07. The Kier molecular flexibility index (Phi) is 2.44. The van der Waals surface area contributed by atoms with E-state index in [2.05, 4.69) is 37.9 Å². The molecule has 19 heavy (non-hydrogen) atoms. The van der Waals surface area contributed by atoms with E-state index in [1.807, 2.05) is 10.5 Å². The van der Waals surface area contributed by atoms with Crippen LogP contribution < -0.4 is 0 Å². The summed E-state index contributed by atoms with van der Waals surface area (Å²) < 4.78 is 2.97. The second-order valence-electron chi connectivity index (χ2n) is 5.62. The molecule has 0 unspecified atom stereocenters. The van der Waals surface area contributed by atoms with Gasteiger partial charge in [0.1, 0.15) is 0 Å². The van der Waals surface area contributed by atoms with E-state index >= 15 is 0 Å². The van der Waals surface area contributed by atoms with E-state index in [1.165, 1.54) is 16.9 Å². The summed E-state index contributed by atoms with van der Waals surface area (Å²) in [5.74, 6) is -0.990. The van der Waals surface area contributed by atoms with Crippen molar-refractivity contribution in [3.8, 4) is 0 Å². The molecule has 2 aromatic heterocycles. The van der Waals surface area contributed by atoms with E-state index < -0.39 is 5.97 Å². The van der Waals surface area contributed by atoms with Gasteiger partial charge in [0.2, 0.25) is 0 Å². The normalized spacial score (nSPS) is 12.4. The SMILES string of the molecule is CC(C)(C)c1ccc2c(c1)sc1nc(C(=O)O)cn12. The van der Waals surface area contributed by atoms with Crippen molar-refractivity contribution < 1.29 is 9.90 Å². The Hall–Kier alpha value is -1.88. The van der Waals surface area contributed by atoms with Crippen molar-refractivity contribution in [3.05, 3.63) is 35.7 Å². The molecule has 4 nitrogen and oxygen atoms in total. The first-order chi connectivity index (χ1) is 8.86. The molecule has 3 aromatic rings. The summed E-state index contributed by atoms with van der Waals surface area (Å²) in [7, 11) is 0. The van der Waals surface area contributed by atoms with Gasteiger partial charge in [-0.25, -0.2) is 9.78 Å². The van der Waals surface area contributed by atoms with Crippen LogP contribution in [-0.2, 0) is 5.41 Å². The van der Waals surface area contributed by atoms with E-state index in [1.54, 1.807) is 6.20 Å². The van der Waals surface area contributed by atoms with Gasteiger partial charge in [0.05, 0.1) is 10.2 Å². The van der Waals surface area contributed by atoms with Crippen molar-refractivity contribution in [2.45, 2.75) is 26.2 Å². The second kappa shape index (κ2) is 3.81. The maximum absolute atomic E-state index is 10.9. The van der Waals surface area contributed by atoms with Crippen molar-refractivity contribution in [1.82, 2.24) is 9.38 Å². The third-order valence-corrected chi connectivity index (χ3v) is 4.20. The third kappa shape index (κ3) is 1.90. The number of imidazole rings is 1. The fraction of sp³-hybridized carbons (Fsp3) is 0.286. The number of nitrogens with zero attached hydrogens (tertiary/aromatic N) is 2. The van der Waals surface area contributed by atoms with E-state index in [0.29, 0.717) is 0 Å². The van der Waals surface area contributed by atoms with Crippen LogP contribution >= 0.6 is 11.3 Å². The minimum Gasteiger partial charge on any atom is -0.476 e. The van der Waals surface area contributed by atoms with Gasteiger partial charge in [-0.05, 0) is 23.1 Å². The standard InChI is InChI=1S/C14H14N2O2S/c1-14(2,3)8-4-5-10-11(6-8)19-13-15-9(12(17)18)7-16(10)13/h4-7H,1-3H3,(H,17,18). The molecule has 0 aliphatic rings. The molecule has 0 aliphatic carbocycles. The van der Waals surface area contributed by atoms with E-state index in [4.69, 9.17) is 5.11 Å². The largest absolute Gasteiger partial charge is 0.476 e. The molecule has 1 aromatic carbocycles. The number of fused-ring (bicyclic) bond motifs is 3. The van der Waals surface area contributed by atoms with Gasteiger partial charge >= 0.3 is 5.97 Å². The van der Waals surface area contributed by atoms with Crippen LogP contribution in [0.25, 0.3) is 15.2 Å². The summed E-state index contributed by atoms with van der Waals surface area (Å²) in [6.45, 7) is 6.53. The molecule has 3 rings (SSSR count). The number of thiazole rings is 1. The Morgan fingerprint density at radius 2 is 2.11 bits per heavy atom. The first kappa shape index (κ1) is 12.2. The van der Waals surface area contributed by atoms with Crippen molar-refractivity contribution in [2.24, 2.45) is 0 Å². The van der Waals surface area contributed by atoms with Crippen LogP contribution in [0.5, 0.6) is 0 Å². The molecule has 0 fully saturated rings. The lowest BCUT2D eigenvalue weighted by atomic mass is 9.87. The molecule has 0 bridgehead atoms. The van der Waals surface area contributed by atoms with Crippen molar-refractivity contribution in [1.29, 1.82) is 0 Å². The lowest BCUT2D eigenvalue weighted by Gasteiger charge is -2.18. The lowest BCUT2D eigenvalue weighted by Crippen LogP contribution is -2.10. The van der Waals surface area contributed by atoms with Crippen LogP contribution in [0.3, 0.4) is 0 Å². The third-order valence-electron chi connectivity index (χ3n) is 3.18. The Morgan fingerprint density at radius 1 is 1.37 bits per heavy atom. The molecule has 1 N–H and O–H groups in total. The lowest BCUT2D eigenvalue weighted by molar-refractivity contribution is 0.0691. The number of carboxylic acid groups (broad SMARTS) is 1. The topological polar surface area (TPSA) is 54.6 Å². The molecule has 98 valence electrons. The molecule has 0 saturated carbocycles. The maximum atomic E-state index is 10.9. The smallest absolute Gasteiger partial charge is 0.356 e. The zero-order valence-corrected chi connectivity index (χ0v) is 11.8. The minimum absolute atomic E-state index is 0.0908. The molecule has 0 radical (unpaired) electrons. The number of carboxylic acids is 1. The highest BCUT2D eigenvalue weighted by Gasteiger charge is 2.17. The van der Waals surface area contributed by atoms with Gasteiger partial charge in [-0.2, -0.15) is 0 Å². The van der Waals surface area contributed by atoms with Crippen LogP contribution in [0.2, 0.25) is 0 Å². The van der Waals surface area contributed by atoms with Gasteiger partial charge in [-0.3, -0.25) is 4.40 Å². The zero-order chi connectivity index (χ0) is 13.8. The molecular weight excluding hydrogens is 260 g/mol.